The Morgan fingerprint density at radius 1 is 1.33 bits per heavy atom. The van der Waals surface area contributed by atoms with E-state index < -0.39 is 23.4 Å². The number of hydrogen-bond acceptors (Lipinski definition) is 5. The molecule has 0 heterocycles. The largest absolute Gasteiger partial charge is 0.491 e. The van der Waals surface area contributed by atoms with E-state index in [0.29, 0.717) is 17.7 Å². The summed E-state index contributed by atoms with van der Waals surface area (Å²) in [6.45, 7) is 1.85. The van der Waals surface area contributed by atoms with Crippen molar-refractivity contribution >= 4 is 29.4 Å². The number of halogens is 3. The molecule has 0 saturated heterocycles. The minimum atomic E-state index is -5.21. The van der Waals surface area contributed by atoms with Crippen LogP contribution in [0, 0.1) is 0 Å². The lowest BCUT2D eigenvalue weighted by molar-refractivity contribution is -0.201. The van der Waals surface area contributed by atoms with Gasteiger partial charge in [-0.15, -0.1) is 11.8 Å². The first-order chi connectivity index (χ1) is 9.77. The zero-order valence-electron chi connectivity index (χ0n) is 11.1. The van der Waals surface area contributed by atoms with E-state index in [1.807, 2.05) is 6.92 Å². The molecule has 116 valence electrons. The van der Waals surface area contributed by atoms with Gasteiger partial charge < -0.3 is 10.5 Å². The molecule has 1 rings (SSSR count). The first-order valence-electron chi connectivity index (χ1n) is 6.06. The summed E-state index contributed by atoms with van der Waals surface area (Å²) in [5.41, 5.74) is 6.30. The smallest absolute Gasteiger partial charge is 0.398 e. The molecule has 4 nitrogen and oxygen atoms in total. The van der Waals surface area contributed by atoms with Crippen LogP contribution in [-0.4, -0.2) is 23.9 Å². The molecule has 0 fully saturated rings. The predicted molar refractivity (Wildman–Crippen MR) is 73.5 cm³/mol. The van der Waals surface area contributed by atoms with E-state index in [1.165, 1.54) is 12.1 Å². The lowest BCUT2D eigenvalue weighted by Crippen LogP contribution is -2.30. The zero-order chi connectivity index (χ0) is 16.0. The monoisotopic (exact) mass is 321 g/mol. The van der Waals surface area contributed by atoms with Crippen LogP contribution < -0.4 is 5.73 Å². The van der Waals surface area contributed by atoms with Gasteiger partial charge in [0.1, 0.15) is 5.25 Å². The average Bonchev–Trinajstić information content (AvgIpc) is 2.40. The highest BCUT2D eigenvalue weighted by atomic mass is 32.2. The van der Waals surface area contributed by atoms with Crippen molar-refractivity contribution < 1.29 is 27.5 Å². The molecule has 1 atom stereocenters. The first kappa shape index (κ1) is 17.4. The zero-order valence-corrected chi connectivity index (χ0v) is 12.0. The molecule has 0 amide bonds. The second-order valence-corrected chi connectivity index (χ2v) is 5.30. The highest BCUT2D eigenvalue weighted by Crippen LogP contribution is 2.34. The van der Waals surface area contributed by atoms with Gasteiger partial charge in [-0.1, -0.05) is 25.1 Å². The molecule has 1 aromatic rings. The van der Waals surface area contributed by atoms with E-state index in [2.05, 4.69) is 4.74 Å². The minimum Gasteiger partial charge on any atom is -0.398 e. The number of benzene rings is 1. The van der Waals surface area contributed by atoms with E-state index in [1.54, 1.807) is 12.1 Å². The van der Waals surface area contributed by atoms with Crippen LogP contribution in [0.5, 0.6) is 0 Å². The molecule has 0 radical (unpaired) electrons. The number of esters is 2. The third-order valence-corrected chi connectivity index (χ3v) is 3.83. The predicted octanol–water partition coefficient (Wildman–Crippen LogP) is 3.09. The summed E-state index contributed by atoms with van der Waals surface area (Å²) in [7, 11) is 0. The van der Waals surface area contributed by atoms with Gasteiger partial charge in [0.2, 0.25) is 0 Å². The molecular weight excluding hydrogens is 307 g/mol. The molecule has 0 bridgehead atoms. The van der Waals surface area contributed by atoms with Crippen LogP contribution in [0.15, 0.2) is 24.3 Å². The van der Waals surface area contributed by atoms with Crippen LogP contribution in [0.25, 0.3) is 0 Å². The number of thioether (sulfide) groups is 1. The maximum atomic E-state index is 12.1. The molecule has 1 unspecified atom stereocenters. The van der Waals surface area contributed by atoms with Gasteiger partial charge in [0, 0.05) is 5.69 Å². The van der Waals surface area contributed by atoms with Crippen LogP contribution >= 0.6 is 11.8 Å². The van der Waals surface area contributed by atoms with Crippen LogP contribution in [0.3, 0.4) is 0 Å². The molecule has 8 heteroatoms. The van der Waals surface area contributed by atoms with Gasteiger partial charge in [-0.2, -0.15) is 13.2 Å². The Bertz CT molecular complexity index is 520. The van der Waals surface area contributed by atoms with Crippen molar-refractivity contribution in [2.24, 2.45) is 0 Å². The van der Waals surface area contributed by atoms with Gasteiger partial charge in [0.05, 0.1) is 0 Å². The molecule has 0 aliphatic carbocycles. The lowest BCUT2D eigenvalue weighted by Gasteiger charge is -2.17. The van der Waals surface area contributed by atoms with Crippen molar-refractivity contribution in [3.05, 3.63) is 29.8 Å². The molecule has 2 N–H and O–H groups in total. The van der Waals surface area contributed by atoms with Gasteiger partial charge >= 0.3 is 18.1 Å². The number of para-hydroxylation sites is 1. The quantitative estimate of drug-likeness (QED) is 0.513. The summed E-state index contributed by atoms with van der Waals surface area (Å²) in [6.07, 6.45) is -4.51. The molecule has 1 aromatic carbocycles. The Morgan fingerprint density at radius 2 is 1.95 bits per heavy atom. The average molecular weight is 321 g/mol. The van der Waals surface area contributed by atoms with Crippen LogP contribution in [0.2, 0.25) is 0 Å². The number of nitrogens with two attached hydrogens (primary N) is 1. The maximum absolute atomic E-state index is 12.1. The second kappa shape index (κ2) is 7.35. The SMILES string of the molecule is CCCSC(C(=O)OC(=O)C(F)(F)F)c1ccccc1N. The molecule has 21 heavy (non-hydrogen) atoms. The van der Waals surface area contributed by atoms with Crippen LogP contribution in [0.4, 0.5) is 18.9 Å². The van der Waals surface area contributed by atoms with Gasteiger partial charge in [-0.3, -0.25) is 0 Å². The van der Waals surface area contributed by atoms with Gasteiger partial charge in [0.15, 0.2) is 0 Å². The highest BCUT2D eigenvalue weighted by molar-refractivity contribution is 8.00. The maximum Gasteiger partial charge on any atom is 0.491 e. The van der Waals surface area contributed by atoms with Gasteiger partial charge in [-0.05, 0) is 23.8 Å². The van der Waals surface area contributed by atoms with Crippen molar-refractivity contribution in [3.8, 4) is 0 Å². The highest BCUT2D eigenvalue weighted by Gasteiger charge is 2.43. The molecule has 0 aliphatic heterocycles. The van der Waals surface area contributed by atoms with Crippen molar-refractivity contribution in [3.63, 3.8) is 0 Å². The lowest BCUT2D eigenvalue weighted by atomic mass is 10.1. The summed E-state index contributed by atoms with van der Waals surface area (Å²) >= 11 is 1.08. The fourth-order valence-electron chi connectivity index (χ4n) is 1.47. The molecule has 0 saturated carbocycles. The van der Waals surface area contributed by atoms with E-state index in [-0.39, 0.29) is 5.69 Å². The fourth-order valence-corrected chi connectivity index (χ4v) is 2.52. The molecule has 0 aromatic heterocycles. The third kappa shape index (κ3) is 4.96. The van der Waals surface area contributed by atoms with E-state index >= 15 is 0 Å². The summed E-state index contributed by atoms with van der Waals surface area (Å²) in [5, 5.41) is -1.07. The summed E-state index contributed by atoms with van der Waals surface area (Å²) in [5.74, 6) is -3.29. The number of nitrogen functional groups attached to an aromatic ring is 1. The number of ether oxygens (including phenoxy) is 1. The van der Waals surface area contributed by atoms with E-state index in [4.69, 9.17) is 5.73 Å². The summed E-state index contributed by atoms with van der Waals surface area (Å²) < 4.78 is 40.3. The number of rotatable bonds is 5. The van der Waals surface area contributed by atoms with Crippen molar-refractivity contribution in [2.45, 2.75) is 24.8 Å². The molecular formula is C13H14F3NO3S. The van der Waals surface area contributed by atoms with Gasteiger partial charge in [-0.25, -0.2) is 9.59 Å². The van der Waals surface area contributed by atoms with E-state index in [0.717, 1.165) is 11.8 Å². The Hall–Kier alpha value is -1.70. The Morgan fingerprint density at radius 3 is 2.48 bits per heavy atom. The standard InChI is InChI=1S/C13H14F3NO3S/c1-2-7-21-10(8-5-3-4-6-9(8)17)11(18)20-12(19)13(14,15)16/h3-6,10H,2,7,17H2,1H3. The Kier molecular flexibility index (Phi) is 6.07. The number of anilines is 1. The number of carbonyl (C=O) groups excluding carboxylic acids is 2. The fraction of sp³-hybridized carbons (Fsp3) is 0.385. The second-order valence-electron chi connectivity index (χ2n) is 4.09. The van der Waals surface area contributed by atoms with Crippen LogP contribution in [-0.2, 0) is 14.3 Å². The van der Waals surface area contributed by atoms with E-state index in [9.17, 15) is 22.8 Å². The number of hydrogen-bond donors (Lipinski definition) is 1. The Labute approximate surface area is 123 Å². The van der Waals surface area contributed by atoms with Crippen molar-refractivity contribution in [1.82, 2.24) is 0 Å². The number of carbonyl (C=O) groups is 2. The summed E-state index contributed by atoms with van der Waals surface area (Å²) in [6, 6.07) is 6.27. The topological polar surface area (TPSA) is 69.4 Å². The minimum absolute atomic E-state index is 0.252. The van der Waals surface area contributed by atoms with Crippen molar-refractivity contribution in [2.75, 3.05) is 11.5 Å². The number of alkyl halides is 3. The van der Waals surface area contributed by atoms with Gasteiger partial charge in [0.25, 0.3) is 0 Å². The normalized spacial score (nSPS) is 12.8. The molecule has 0 aliphatic rings. The van der Waals surface area contributed by atoms with Crippen molar-refractivity contribution in [1.29, 1.82) is 0 Å². The summed E-state index contributed by atoms with van der Waals surface area (Å²) in [4.78, 5) is 22.6. The third-order valence-electron chi connectivity index (χ3n) is 2.41. The van der Waals surface area contributed by atoms with Crippen LogP contribution in [0.1, 0.15) is 24.2 Å². The Balaban J connectivity index is 2.95. The first-order valence-corrected chi connectivity index (χ1v) is 7.11. The molecule has 0 spiro atoms.